The van der Waals surface area contributed by atoms with Crippen molar-refractivity contribution in [3.63, 3.8) is 0 Å². The highest BCUT2D eigenvalue weighted by Gasteiger charge is 2.49. The fraction of sp³-hybridized carbons (Fsp3) is 0.833. The first-order valence-corrected chi connectivity index (χ1v) is 8.20. The molecule has 1 heterocycles. The lowest BCUT2D eigenvalue weighted by Crippen LogP contribution is -2.22. The fourth-order valence-corrected chi connectivity index (χ4v) is 4.82. The summed E-state index contributed by atoms with van der Waals surface area (Å²) < 4.78 is 23.7. The van der Waals surface area contributed by atoms with Crippen molar-refractivity contribution in [1.29, 1.82) is 0 Å². The molecule has 1 rings (SSSR count). The average Bonchev–Trinajstić information content (AvgIpc) is 2.46. The summed E-state index contributed by atoms with van der Waals surface area (Å²) in [5, 5.41) is 1.28. The summed E-state index contributed by atoms with van der Waals surface area (Å²) in [6, 6.07) is 0. The first-order valence-electron chi connectivity index (χ1n) is 6.28. The topological polar surface area (TPSA) is 35.5 Å². The van der Waals surface area contributed by atoms with E-state index in [9.17, 15) is 4.57 Å². The van der Waals surface area contributed by atoms with E-state index in [4.69, 9.17) is 20.6 Å². The summed E-state index contributed by atoms with van der Waals surface area (Å²) in [6.45, 7) is 8.13. The predicted molar refractivity (Wildman–Crippen MR) is 71.4 cm³/mol. The molecule has 0 amide bonds. The van der Waals surface area contributed by atoms with Crippen LogP contribution in [0.3, 0.4) is 0 Å². The normalized spacial score (nSPS) is 33.5. The van der Waals surface area contributed by atoms with E-state index in [0.717, 1.165) is 12.8 Å². The molecule has 17 heavy (non-hydrogen) atoms. The van der Waals surface area contributed by atoms with Crippen molar-refractivity contribution >= 4 is 19.2 Å². The highest BCUT2D eigenvalue weighted by molar-refractivity contribution is 7.59. The Balaban J connectivity index is 3.06. The van der Waals surface area contributed by atoms with E-state index in [-0.39, 0.29) is 0 Å². The van der Waals surface area contributed by atoms with Crippen LogP contribution in [0, 0.1) is 0 Å². The van der Waals surface area contributed by atoms with Gasteiger partial charge >= 0.3 is 7.60 Å². The minimum Gasteiger partial charge on any atom is -0.306 e. The molecule has 0 N–H and O–H groups in total. The number of hydrogen-bond acceptors (Lipinski definition) is 3. The third-order valence-corrected chi connectivity index (χ3v) is 6.22. The second-order valence-electron chi connectivity index (χ2n) is 4.46. The van der Waals surface area contributed by atoms with Gasteiger partial charge < -0.3 is 4.52 Å². The Morgan fingerprint density at radius 1 is 1.41 bits per heavy atom. The Kier molecular flexibility index (Phi) is 5.27. The van der Waals surface area contributed by atoms with Gasteiger partial charge in [0.05, 0.1) is 17.0 Å². The van der Waals surface area contributed by atoms with Gasteiger partial charge in [-0.25, -0.2) is 0 Å². The van der Waals surface area contributed by atoms with Gasteiger partial charge in [-0.2, -0.15) is 0 Å². The zero-order chi connectivity index (χ0) is 13.1. The van der Waals surface area contributed by atoms with Crippen LogP contribution in [0.15, 0.2) is 10.3 Å². The van der Waals surface area contributed by atoms with Crippen LogP contribution in [-0.2, 0) is 13.6 Å². The Morgan fingerprint density at radius 3 is 2.53 bits per heavy atom. The Morgan fingerprint density at radius 2 is 2.06 bits per heavy atom. The molecule has 0 aromatic rings. The van der Waals surface area contributed by atoms with Crippen molar-refractivity contribution in [3.05, 3.63) is 10.3 Å². The van der Waals surface area contributed by atoms with E-state index in [0.29, 0.717) is 29.8 Å². The third kappa shape index (κ3) is 2.96. The lowest BCUT2D eigenvalue weighted by atomic mass is 10.0. The zero-order valence-electron chi connectivity index (χ0n) is 11.1. The molecule has 0 radical (unpaired) electrons. The molecule has 1 aliphatic rings. The van der Waals surface area contributed by atoms with E-state index in [1.807, 2.05) is 20.8 Å². The van der Waals surface area contributed by atoms with Crippen LogP contribution < -0.4 is 0 Å². The van der Waals surface area contributed by atoms with E-state index in [2.05, 4.69) is 6.92 Å². The standard InChI is InChI=1S/C12H22ClO3P/c1-5-8-9-10-11(13)12(4,6-2)16-17(10,14)15-7-3/h5-9H2,1-4H3/t12-,17-/m1/s1. The molecule has 2 atom stereocenters. The molecular formula is C12H22ClO3P. The van der Waals surface area contributed by atoms with Gasteiger partial charge in [0.15, 0.2) is 0 Å². The van der Waals surface area contributed by atoms with Crippen LogP contribution >= 0.6 is 19.2 Å². The van der Waals surface area contributed by atoms with Crippen molar-refractivity contribution in [2.45, 2.75) is 59.0 Å². The van der Waals surface area contributed by atoms with Crippen molar-refractivity contribution in [1.82, 2.24) is 0 Å². The molecule has 0 spiro atoms. The van der Waals surface area contributed by atoms with Crippen LogP contribution in [0.1, 0.15) is 53.4 Å². The molecule has 1 aliphatic heterocycles. The van der Waals surface area contributed by atoms with E-state index in [1.165, 1.54) is 0 Å². The summed E-state index contributed by atoms with van der Waals surface area (Å²) in [4.78, 5) is 0. The zero-order valence-corrected chi connectivity index (χ0v) is 12.7. The molecule has 3 nitrogen and oxygen atoms in total. The van der Waals surface area contributed by atoms with Gasteiger partial charge in [-0.1, -0.05) is 31.9 Å². The molecule has 0 unspecified atom stereocenters. The first kappa shape index (κ1) is 15.2. The highest BCUT2D eigenvalue weighted by Crippen LogP contribution is 2.68. The molecular weight excluding hydrogens is 259 g/mol. The van der Waals surface area contributed by atoms with Gasteiger partial charge in [0.1, 0.15) is 5.60 Å². The Labute approximate surface area is 109 Å². The lowest BCUT2D eigenvalue weighted by Gasteiger charge is -2.23. The number of halogens is 1. The summed E-state index contributed by atoms with van der Waals surface area (Å²) >= 11 is 6.34. The number of allylic oxidation sites excluding steroid dienone is 1. The molecule has 0 saturated heterocycles. The highest BCUT2D eigenvalue weighted by atomic mass is 35.5. The average molecular weight is 281 g/mol. The summed E-state index contributed by atoms with van der Waals surface area (Å²) in [6.07, 6.45) is 3.37. The maximum Gasteiger partial charge on any atom is 0.359 e. The van der Waals surface area contributed by atoms with Crippen molar-refractivity contribution < 1.29 is 13.6 Å². The van der Waals surface area contributed by atoms with Crippen molar-refractivity contribution in [2.24, 2.45) is 0 Å². The molecule has 0 aliphatic carbocycles. The second-order valence-corrected chi connectivity index (χ2v) is 6.81. The number of hydrogen-bond donors (Lipinski definition) is 0. The van der Waals surface area contributed by atoms with Gasteiger partial charge in [0.2, 0.25) is 0 Å². The van der Waals surface area contributed by atoms with Crippen LogP contribution in [0.2, 0.25) is 0 Å². The molecule has 0 aromatic carbocycles. The molecule has 0 fully saturated rings. The minimum absolute atomic E-state index is 0.372. The Bertz CT molecular complexity index is 354. The smallest absolute Gasteiger partial charge is 0.306 e. The van der Waals surface area contributed by atoms with Crippen LogP contribution in [0.25, 0.3) is 0 Å². The van der Waals surface area contributed by atoms with Crippen LogP contribution in [0.4, 0.5) is 0 Å². The van der Waals surface area contributed by atoms with Gasteiger partial charge in [-0.15, -0.1) is 0 Å². The van der Waals surface area contributed by atoms with Gasteiger partial charge in [-0.05, 0) is 33.1 Å². The molecule has 0 bridgehead atoms. The maximum atomic E-state index is 12.6. The second kappa shape index (κ2) is 5.88. The molecule has 0 aromatic heterocycles. The molecule has 100 valence electrons. The summed E-state index contributed by atoms with van der Waals surface area (Å²) in [7, 11) is -3.16. The van der Waals surface area contributed by atoms with E-state index >= 15 is 0 Å². The SMILES string of the molecule is CCCCC1=C(Cl)[C@@](C)(CC)O[P@]1(=O)OCC. The number of rotatable bonds is 6. The summed E-state index contributed by atoms with van der Waals surface area (Å²) in [5.41, 5.74) is -0.644. The Hall–Kier alpha value is 0.180. The monoisotopic (exact) mass is 280 g/mol. The first-order chi connectivity index (χ1) is 7.93. The molecule has 5 heteroatoms. The lowest BCUT2D eigenvalue weighted by molar-refractivity contribution is 0.113. The van der Waals surface area contributed by atoms with Crippen molar-refractivity contribution in [3.8, 4) is 0 Å². The van der Waals surface area contributed by atoms with Gasteiger partial charge in [-0.3, -0.25) is 9.09 Å². The van der Waals surface area contributed by atoms with E-state index in [1.54, 1.807) is 0 Å². The quantitative estimate of drug-likeness (QED) is 0.638. The minimum atomic E-state index is -3.16. The predicted octanol–water partition coefficient (Wildman–Crippen LogP) is 5.06. The largest absolute Gasteiger partial charge is 0.359 e. The van der Waals surface area contributed by atoms with E-state index < -0.39 is 13.2 Å². The van der Waals surface area contributed by atoms with Gasteiger partial charge in [0, 0.05) is 0 Å². The van der Waals surface area contributed by atoms with Crippen molar-refractivity contribution in [2.75, 3.05) is 6.61 Å². The van der Waals surface area contributed by atoms with Crippen LogP contribution in [-0.4, -0.2) is 12.2 Å². The third-order valence-electron chi connectivity index (χ3n) is 3.11. The summed E-state index contributed by atoms with van der Waals surface area (Å²) in [5.74, 6) is 0. The van der Waals surface area contributed by atoms with Crippen LogP contribution in [0.5, 0.6) is 0 Å². The molecule has 0 saturated carbocycles. The maximum absolute atomic E-state index is 12.6. The fourth-order valence-electron chi connectivity index (χ4n) is 1.87. The number of unbranched alkanes of at least 4 members (excludes halogenated alkanes) is 1. The van der Waals surface area contributed by atoms with Gasteiger partial charge in [0.25, 0.3) is 0 Å².